The van der Waals surface area contributed by atoms with Crippen molar-refractivity contribution < 1.29 is 32.4 Å². The van der Waals surface area contributed by atoms with Gasteiger partial charge in [-0.3, -0.25) is 19.2 Å². The van der Waals surface area contributed by atoms with Gasteiger partial charge >= 0.3 is 6.03 Å². The van der Waals surface area contributed by atoms with E-state index in [1.807, 2.05) is 6.92 Å². The van der Waals surface area contributed by atoms with E-state index < -0.39 is 83.5 Å². The number of alkyl halides is 2. The van der Waals surface area contributed by atoms with Crippen molar-refractivity contribution in [1.29, 1.82) is 0 Å². The van der Waals surface area contributed by atoms with Crippen molar-refractivity contribution in [2.24, 2.45) is 11.3 Å². The highest BCUT2D eigenvalue weighted by atomic mass is 35.5. The molecular formula is C36H63Cl2N5O7S. The van der Waals surface area contributed by atoms with Crippen LogP contribution in [0.5, 0.6) is 0 Å². The molecule has 1 aliphatic carbocycles. The molecule has 0 aromatic carbocycles. The molecule has 0 bridgehead atoms. The van der Waals surface area contributed by atoms with Gasteiger partial charge in [-0.15, -0.1) is 29.8 Å². The van der Waals surface area contributed by atoms with Crippen LogP contribution >= 0.6 is 23.2 Å². The molecule has 0 aliphatic heterocycles. The molecule has 1 saturated carbocycles. The van der Waals surface area contributed by atoms with E-state index in [-0.39, 0.29) is 25.3 Å². The van der Waals surface area contributed by atoms with Gasteiger partial charge in [0.15, 0.2) is 9.84 Å². The van der Waals surface area contributed by atoms with Gasteiger partial charge in [-0.1, -0.05) is 72.8 Å². The summed E-state index contributed by atoms with van der Waals surface area (Å²) < 4.78 is 24.3. The van der Waals surface area contributed by atoms with Crippen LogP contribution in [0.1, 0.15) is 121 Å². The Morgan fingerprint density at radius 1 is 0.941 bits per heavy atom. The number of rotatable bonds is 18. The van der Waals surface area contributed by atoms with E-state index in [0.717, 1.165) is 19.3 Å². The molecule has 0 aromatic heterocycles. The Morgan fingerprint density at radius 2 is 1.51 bits per heavy atom. The molecule has 0 saturated heterocycles. The van der Waals surface area contributed by atoms with Crippen LogP contribution in [0.25, 0.3) is 0 Å². The van der Waals surface area contributed by atoms with Crippen molar-refractivity contribution in [3.8, 4) is 0 Å². The average molecular weight is 781 g/mol. The standard InChI is InChI=1S/C36H63Cl2N5O7S/c1-12-14-18-26(27(44)30(46)39-21-13-2)40-29(45)25(4)43(22-24(3)35(11,37)38)31(47)28(33(5,6)7)41-32(48)42-36(19-16-15-17-20-36)23-51(49,50)34(8,9)10/h13,24-26,28H,2,12,14-23H2,1,3-11H3,(H,39,46)(H,40,45)(H2,41,42,48)/t24-,25+,26?,28-/m1/s1. The van der Waals surface area contributed by atoms with Crippen LogP contribution in [0, 0.1) is 11.3 Å². The van der Waals surface area contributed by atoms with Crippen LogP contribution in [0.4, 0.5) is 4.79 Å². The zero-order valence-corrected chi connectivity index (χ0v) is 34.7. The van der Waals surface area contributed by atoms with Crippen molar-refractivity contribution in [3.05, 3.63) is 12.7 Å². The fraction of sp³-hybridized carbons (Fsp3) is 0.806. The van der Waals surface area contributed by atoms with Gasteiger partial charge in [-0.05, 0) is 59.3 Å². The molecule has 12 nitrogen and oxygen atoms in total. The zero-order valence-electron chi connectivity index (χ0n) is 32.3. The number of hydrogen-bond donors (Lipinski definition) is 4. The summed E-state index contributed by atoms with van der Waals surface area (Å²) in [6.07, 6.45) is 6.25. The van der Waals surface area contributed by atoms with Crippen LogP contribution < -0.4 is 21.3 Å². The maximum atomic E-state index is 14.6. The highest BCUT2D eigenvalue weighted by molar-refractivity contribution is 7.92. The monoisotopic (exact) mass is 779 g/mol. The molecule has 1 rings (SSSR count). The SMILES string of the molecule is C=CCNC(=O)C(=O)C(CCCC)NC(=O)[C@H](C)N(C[C@@H](C)C(C)(Cl)Cl)C(=O)[C@@H](NC(=O)NC1(CS(=O)(=O)C(C)(C)C)CCCCC1)C(C)(C)C. The Bertz CT molecular complexity index is 1350. The average Bonchev–Trinajstić information content (AvgIpc) is 3.00. The predicted octanol–water partition coefficient (Wildman–Crippen LogP) is 5.21. The van der Waals surface area contributed by atoms with E-state index >= 15 is 0 Å². The molecule has 4 N–H and O–H groups in total. The number of carbonyl (C=O) groups is 5. The predicted molar refractivity (Wildman–Crippen MR) is 204 cm³/mol. The summed E-state index contributed by atoms with van der Waals surface area (Å²) in [7, 11) is -3.61. The molecular weight excluding hydrogens is 717 g/mol. The smallest absolute Gasteiger partial charge is 0.315 e. The van der Waals surface area contributed by atoms with Crippen molar-refractivity contribution in [2.75, 3.05) is 18.8 Å². The molecule has 1 unspecified atom stereocenters. The van der Waals surface area contributed by atoms with Gasteiger partial charge in [0.05, 0.1) is 22.1 Å². The van der Waals surface area contributed by atoms with E-state index in [4.69, 9.17) is 23.2 Å². The lowest BCUT2D eigenvalue weighted by atomic mass is 9.83. The summed E-state index contributed by atoms with van der Waals surface area (Å²) in [5.41, 5.74) is -1.89. The first-order chi connectivity index (χ1) is 23.2. The number of halogens is 2. The lowest BCUT2D eigenvalue weighted by Crippen LogP contribution is -2.64. The number of amides is 5. The van der Waals surface area contributed by atoms with Crippen LogP contribution in [0.3, 0.4) is 0 Å². The first-order valence-electron chi connectivity index (χ1n) is 18.0. The van der Waals surface area contributed by atoms with E-state index in [9.17, 15) is 32.4 Å². The Morgan fingerprint density at radius 3 is 1.98 bits per heavy atom. The quantitative estimate of drug-likeness (QED) is 0.0841. The Hall–Kier alpha value is -2.38. The van der Waals surface area contributed by atoms with Gasteiger partial charge in [0, 0.05) is 19.0 Å². The molecule has 51 heavy (non-hydrogen) atoms. The summed E-state index contributed by atoms with van der Waals surface area (Å²) in [5.74, 6) is -3.76. The molecule has 0 aromatic rings. The number of hydrogen-bond acceptors (Lipinski definition) is 7. The molecule has 4 atom stereocenters. The van der Waals surface area contributed by atoms with E-state index in [1.165, 1.54) is 17.9 Å². The third-order valence-electron chi connectivity index (χ3n) is 9.55. The van der Waals surface area contributed by atoms with Crippen molar-refractivity contribution in [2.45, 2.75) is 153 Å². The second-order valence-corrected chi connectivity index (χ2v) is 20.7. The van der Waals surface area contributed by atoms with Crippen LogP contribution in [-0.2, 0) is 29.0 Å². The third kappa shape index (κ3) is 14.2. The number of nitrogens with one attached hydrogen (secondary N) is 4. The number of urea groups is 1. The number of nitrogens with zero attached hydrogens (tertiary/aromatic N) is 1. The molecule has 1 fully saturated rings. The largest absolute Gasteiger partial charge is 0.346 e. The van der Waals surface area contributed by atoms with Gasteiger partial charge in [0.1, 0.15) is 16.4 Å². The maximum absolute atomic E-state index is 14.6. The first kappa shape index (κ1) is 46.6. The molecule has 1 aliphatic rings. The number of carbonyl (C=O) groups excluding carboxylic acids is 5. The minimum atomic E-state index is -3.61. The second kappa shape index (κ2) is 19.1. The molecule has 0 spiro atoms. The number of unbranched alkanes of at least 4 members (excludes halogenated alkanes) is 1. The minimum absolute atomic E-state index is 0.0769. The number of sulfone groups is 1. The summed E-state index contributed by atoms with van der Waals surface area (Å²) in [4.78, 5) is 69.0. The fourth-order valence-corrected chi connectivity index (χ4v) is 7.41. The zero-order chi connectivity index (χ0) is 39.6. The van der Waals surface area contributed by atoms with E-state index in [1.54, 1.807) is 55.4 Å². The van der Waals surface area contributed by atoms with Crippen LogP contribution in [0.2, 0.25) is 0 Å². The first-order valence-corrected chi connectivity index (χ1v) is 20.4. The van der Waals surface area contributed by atoms with Crippen LogP contribution in [0.15, 0.2) is 12.7 Å². The highest BCUT2D eigenvalue weighted by Crippen LogP contribution is 2.34. The van der Waals surface area contributed by atoms with Gasteiger partial charge < -0.3 is 26.2 Å². The van der Waals surface area contributed by atoms with Crippen molar-refractivity contribution in [1.82, 2.24) is 26.2 Å². The summed E-state index contributed by atoms with van der Waals surface area (Å²) in [5, 5.41) is 10.9. The molecule has 0 heterocycles. The topological polar surface area (TPSA) is 171 Å². The van der Waals surface area contributed by atoms with Crippen molar-refractivity contribution in [3.63, 3.8) is 0 Å². The Kier molecular flexibility index (Phi) is 17.5. The fourth-order valence-electron chi connectivity index (χ4n) is 5.75. The highest BCUT2D eigenvalue weighted by Gasteiger charge is 2.45. The third-order valence-corrected chi connectivity index (χ3v) is 13.1. The Labute approximate surface area is 316 Å². The second-order valence-electron chi connectivity index (χ2n) is 16.2. The Balaban J connectivity index is 3.51. The van der Waals surface area contributed by atoms with Crippen molar-refractivity contribution >= 4 is 62.6 Å². The van der Waals surface area contributed by atoms with Crippen LogP contribution in [-0.4, -0.2) is 94.4 Å². The molecule has 0 radical (unpaired) electrons. The maximum Gasteiger partial charge on any atom is 0.315 e. The van der Waals surface area contributed by atoms with Gasteiger partial charge in [-0.25, -0.2) is 13.2 Å². The summed E-state index contributed by atoms with van der Waals surface area (Å²) >= 11 is 12.9. The van der Waals surface area contributed by atoms with Gasteiger partial charge in [-0.2, -0.15) is 0 Å². The minimum Gasteiger partial charge on any atom is -0.346 e. The van der Waals surface area contributed by atoms with Gasteiger partial charge in [0.2, 0.25) is 17.6 Å². The number of ketones is 1. The summed E-state index contributed by atoms with van der Waals surface area (Å²) in [6.45, 7) is 20.4. The lowest BCUT2D eigenvalue weighted by Gasteiger charge is -2.42. The number of Topliss-reactive ketones (excluding diaryl/α,β-unsaturated/α-hetero) is 1. The lowest BCUT2D eigenvalue weighted by molar-refractivity contribution is -0.145. The molecule has 15 heteroatoms. The molecule has 294 valence electrons. The van der Waals surface area contributed by atoms with E-state index in [2.05, 4.69) is 27.8 Å². The van der Waals surface area contributed by atoms with Gasteiger partial charge in [0.25, 0.3) is 5.91 Å². The van der Waals surface area contributed by atoms with E-state index in [0.29, 0.717) is 25.7 Å². The normalized spacial score (nSPS) is 17.6. The summed E-state index contributed by atoms with van der Waals surface area (Å²) in [6, 6.07) is -4.20. The molecule has 5 amide bonds.